The van der Waals surface area contributed by atoms with Crippen molar-refractivity contribution in [2.45, 2.75) is 19.6 Å². The molecule has 5 heteroatoms. The van der Waals surface area contributed by atoms with Crippen LogP contribution >= 0.6 is 15.9 Å². The van der Waals surface area contributed by atoms with Gasteiger partial charge in [-0.3, -0.25) is 10.2 Å². The molecule has 0 spiro atoms. The van der Waals surface area contributed by atoms with E-state index < -0.39 is 6.10 Å². The van der Waals surface area contributed by atoms with Gasteiger partial charge in [0.15, 0.2) is 0 Å². The quantitative estimate of drug-likeness (QED) is 0.494. The van der Waals surface area contributed by atoms with Gasteiger partial charge in [-0.25, -0.2) is 5.84 Å². The smallest absolute Gasteiger partial charge is 0.262 e. The molecule has 1 unspecified atom stereocenters. The highest BCUT2D eigenvalue weighted by Crippen LogP contribution is 2.11. The van der Waals surface area contributed by atoms with Crippen molar-refractivity contribution in [1.29, 1.82) is 0 Å². The Morgan fingerprint density at radius 2 is 2.13 bits per heavy atom. The molecular formula is C10H13BrN2O2. The fourth-order valence-corrected chi connectivity index (χ4v) is 1.26. The van der Waals surface area contributed by atoms with Crippen LogP contribution in [0.1, 0.15) is 12.5 Å². The zero-order valence-electron chi connectivity index (χ0n) is 8.37. The van der Waals surface area contributed by atoms with Crippen LogP contribution in [0.3, 0.4) is 0 Å². The molecule has 1 atom stereocenters. The molecule has 82 valence electrons. The van der Waals surface area contributed by atoms with Gasteiger partial charge in [0, 0.05) is 4.47 Å². The van der Waals surface area contributed by atoms with Crippen molar-refractivity contribution in [1.82, 2.24) is 5.43 Å². The van der Waals surface area contributed by atoms with Crippen LogP contribution in [-0.4, -0.2) is 12.0 Å². The van der Waals surface area contributed by atoms with E-state index in [4.69, 9.17) is 10.6 Å². The molecule has 0 bridgehead atoms. The average Bonchev–Trinajstić information content (AvgIpc) is 2.26. The van der Waals surface area contributed by atoms with Crippen LogP contribution in [0.5, 0.6) is 0 Å². The second-order valence-corrected chi connectivity index (χ2v) is 4.00. The standard InChI is InChI=1S/C10H13BrN2O2/c1-7(10(14)13-12)15-6-8-2-4-9(11)5-3-8/h2-5,7H,6,12H2,1H3,(H,13,14). The molecule has 1 rings (SSSR count). The van der Waals surface area contributed by atoms with E-state index in [9.17, 15) is 4.79 Å². The maximum Gasteiger partial charge on any atom is 0.262 e. The Morgan fingerprint density at radius 1 is 1.53 bits per heavy atom. The lowest BCUT2D eigenvalue weighted by Gasteiger charge is -2.11. The number of amides is 1. The van der Waals surface area contributed by atoms with Crippen LogP contribution in [0.15, 0.2) is 28.7 Å². The average molecular weight is 273 g/mol. The van der Waals surface area contributed by atoms with Crippen molar-refractivity contribution in [2.24, 2.45) is 5.84 Å². The van der Waals surface area contributed by atoms with Crippen molar-refractivity contribution < 1.29 is 9.53 Å². The van der Waals surface area contributed by atoms with Crippen LogP contribution in [0.2, 0.25) is 0 Å². The molecule has 1 aromatic rings. The van der Waals surface area contributed by atoms with Crippen molar-refractivity contribution >= 4 is 21.8 Å². The van der Waals surface area contributed by atoms with Crippen LogP contribution < -0.4 is 11.3 Å². The van der Waals surface area contributed by atoms with Gasteiger partial charge in [-0.15, -0.1) is 0 Å². The first-order chi connectivity index (χ1) is 7.13. The van der Waals surface area contributed by atoms with Crippen LogP contribution in [-0.2, 0) is 16.1 Å². The molecule has 4 nitrogen and oxygen atoms in total. The first-order valence-electron chi connectivity index (χ1n) is 4.50. The number of hydrazine groups is 1. The van der Waals surface area contributed by atoms with E-state index in [-0.39, 0.29) is 5.91 Å². The normalized spacial score (nSPS) is 12.2. The summed E-state index contributed by atoms with van der Waals surface area (Å²) in [5.74, 6) is 4.65. The van der Waals surface area contributed by atoms with Gasteiger partial charge < -0.3 is 4.74 Å². The predicted molar refractivity (Wildman–Crippen MR) is 60.7 cm³/mol. The largest absolute Gasteiger partial charge is 0.364 e. The Hall–Kier alpha value is -0.910. The molecule has 0 aliphatic carbocycles. The number of rotatable bonds is 4. The molecule has 1 aromatic carbocycles. The number of carbonyl (C=O) groups is 1. The molecule has 15 heavy (non-hydrogen) atoms. The summed E-state index contributed by atoms with van der Waals surface area (Å²) in [6.07, 6.45) is -0.543. The maximum absolute atomic E-state index is 11.0. The molecule has 0 radical (unpaired) electrons. The molecule has 0 aliphatic heterocycles. The van der Waals surface area contributed by atoms with Crippen molar-refractivity contribution in [3.63, 3.8) is 0 Å². The summed E-state index contributed by atoms with van der Waals surface area (Å²) < 4.78 is 6.33. The molecule has 3 N–H and O–H groups in total. The predicted octanol–water partition coefficient (Wildman–Crippen LogP) is 1.34. The van der Waals surface area contributed by atoms with Crippen LogP contribution in [0.25, 0.3) is 0 Å². The Bertz CT molecular complexity index is 327. The van der Waals surface area contributed by atoms with E-state index in [1.54, 1.807) is 6.92 Å². The number of ether oxygens (including phenoxy) is 1. The van der Waals surface area contributed by atoms with Crippen molar-refractivity contribution in [3.05, 3.63) is 34.3 Å². The number of nitrogens with one attached hydrogen (secondary N) is 1. The van der Waals surface area contributed by atoms with Gasteiger partial charge in [0.2, 0.25) is 0 Å². The van der Waals surface area contributed by atoms with Gasteiger partial charge in [-0.05, 0) is 24.6 Å². The molecule has 0 saturated heterocycles. The lowest BCUT2D eigenvalue weighted by atomic mass is 10.2. The van der Waals surface area contributed by atoms with Gasteiger partial charge in [-0.2, -0.15) is 0 Å². The van der Waals surface area contributed by atoms with Gasteiger partial charge >= 0.3 is 0 Å². The summed E-state index contributed by atoms with van der Waals surface area (Å²) in [4.78, 5) is 11.0. The topological polar surface area (TPSA) is 64.3 Å². The number of nitrogens with two attached hydrogens (primary N) is 1. The van der Waals surface area contributed by atoms with Crippen molar-refractivity contribution in [3.8, 4) is 0 Å². The summed E-state index contributed by atoms with van der Waals surface area (Å²) in [6.45, 7) is 2.04. The van der Waals surface area contributed by atoms with Crippen LogP contribution in [0, 0.1) is 0 Å². The third kappa shape index (κ3) is 3.99. The van der Waals surface area contributed by atoms with E-state index in [1.165, 1.54) is 0 Å². The minimum Gasteiger partial charge on any atom is -0.364 e. The van der Waals surface area contributed by atoms with E-state index >= 15 is 0 Å². The monoisotopic (exact) mass is 272 g/mol. The fourth-order valence-electron chi connectivity index (χ4n) is 0.995. The first kappa shape index (κ1) is 12.2. The van der Waals surface area contributed by atoms with Crippen LogP contribution in [0.4, 0.5) is 0 Å². The zero-order chi connectivity index (χ0) is 11.3. The number of carbonyl (C=O) groups excluding carboxylic acids is 1. The molecule has 0 fully saturated rings. The summed E-state index contributed by atoms with van der Waals surface area (Å²) >= 11 is 3.34. The zero-order valence-corrected chi connectivity index (χ0v) is 9.95. The SMILES string of the molecule is CC(OCc1ccc(Br)cc1)C(=O)NN. The molecule has 0 saturated carbocycles. The van der Waals surface area contributed by atoms with Gasteiger partial charge in [0.05, 0.1) is 6.61 Å². The summed E-state index contributed by atoms with van der Waals surface area (Å²) in [7, 11) is 0. The van der Waals surface area contributed by atoms with E-state index in [0.29, 0.717) is 6.61 Å². The van der Waals surface area contributed by atoms with Crippen molar-refractivity contribution in [2.75, 3.05) is 0 Å². The second kappa shape index (κ2) is 5.85. The molecule has 1 amide bonds. The summed E-state index contributed by atoms with van der Waals surface area (Å²) in [5.41, 5.74) is 3.05. The Morgan fingerprint density at radius 3 is 2.67 bits per heavy atom. The van der Waals surface area contributed by atoms with E-state index in [2.05, 4.69) is 15.9 Å². The summed E-state index contributed by atoms with van der Waals surface area (Å²) in [6, 6.07) is 7.70. The third-order valence-electron chi connectivity index (χ3n) is 1.92. The van der Waals surface area contributed by atoms with E-state index in [1.807, 2.05) is 29.7 Å². The van der Waals surface area contributed by atoms with Gasteiger partial charge in [0.25, 0.3) is 5.91 Å². The number of hydrogen-bond donors (Lipinski definition) is 2. The second-order valence-electron chi connectivity index (χ2n) is 3.09. The number of halogens is 1. The highest BCUT2D eigenvalue weighted by molar-refractivity contribution is 9.10. The minimum atomic E-state index is -0.543. The number of hydrogen-bond acceptors (Lipinski definition) is 3. The Kier molecular flexibility index (Phi) is 4.74. The Labute approximate surface area is 96.9 Å². The molecular weight excluding hydrogens is 260 g/mol. The lowest BCUT2D eigenvalue weighted by Crippen LogP contribution is -2.38. The first-order valence-corrected chi connectivity index (χ1v) is 5.29. The highest BCUT2D eigenvalue weighted by Gasteiger charge is 2.11. The molecule has 0 aromatic heterocycles. The highest BCUT2D eigenvalue weighted by atomic mass is 79.9. The van der Waals surface area contributed by atoms with E-state index in [0.717, 1.165) is 10.0 Å². The third-order valence-corrected chi connectivity index (χ3v) is 2.45. The summed E-state index contributed by atoms with van der Waals surface area (Å²) in [5, 5.41) is 0. The molecule has 0 heterocycles. The molecule has 0 aliphatic rings. The Balaban J connectivity index is 2.43. The van der Waals surface area contributed by atoms with Gasteiger partial charge in [0.1, 0.15) is 6.10 Å². The fraction of sp³-hybridized carbons (Fsp3) is 0.300. The lowest BCUT2D eigenvalue weighted by molar-refractivity contribution is -0.132. The minimum absolute atomic E-state index is 0.327. The number of benzene rings is 1. The van der Waals surface area contributed by atoms with Gasteiger partial charge in [-0.1, -0.05) is 28.1 Å². The maximum atomic E-state index is 11.0.